The van der Waals surface area contributed by atoms with Crippen LogP contribution in [0.3, 0.4) is 0 Å². The molecule has 0 amide bonds. The lowest BCUT2D eigenvalue weighted by Gasteiger charge is -2.18. The number of ether oxygens (including phenoxy) is 3. The van der Waals surface area contributed by atoms with Crippen LogP contribution >= 0.6 is 0 Å². The number of carbonyl (C=O) groups excluding carboxylic acids is 1. The van der Waals surface area contributed by atoms with Crippen LogP contribution in [0.15, 0.2) is 72.3 Å². The molecule has 2 rings (SSSR count). The van der Waals surface area contributed by atoms with Crippen LogP contribution in [0.2, 0.25) is 0 Å². The van der Waals surface area contributed by atoms with Crippen LogP contribution in [0.5, 0.6) is 0 Å². The monoisotopic (exact) mass is 416 g/mol. The van der Waals surface area contributed by atoms with Crippen LogP contribution in [0, 0.1) is 23.7 Å². The average molecular weight is 417 g/mol. The molecule has 4 nitrogen and oxygen atoms in total. The highest BCUT2D eigenvalue weighted by Crippen LogP contribution is 2.26. The highest BCUT2D eigenvalue weighted by molar-refractivity contribution is 5.71. The Hall–Kier alpha value is -3.31. The van der Waals surface area contributed by atoms with Gasteiger partial charge >= 0.3 is 5.97 Å². The Kier molecular flexibility index (Phi) is 11.3. The first kappa shape index (κ1) is 24.0. The molecule has 2 aromatic rings. The number of methoxy groups -OCH3 is 2. The van der Waals surface area contributed by atoms with Crippen molar-refractivity contribution in [3.63, 3.8) is 0 Å². The second-order valence-electron chi connectivity index (χ2n) is 6.70. The minimum atomic E-state index is -0.652. The van der Waals surface area contributed by atoms with Crippen molar-refractivity contribution >= 4 is 5.97 Å². The lowest BCUT2D eigenvalue weighted by Crippen LogP contribution is -2.17. The first-order chi connectivity index (χ1) is 15.2. The number of rotatable bonds is 9. The van der Waals surface area contributed by atoms with Crippen molar-refractivity contribution in [1.29, 1.82) is 0 Å². The molecule has 0 aliphatic rings. The van der Waals surface area contributed by atoms with E-state index in [-0.39, 0.29) is 6.61 Å². The molecule has 1 atom stereocenters. The Morgan fingerprint density at radius 1 is 0.968 bits per heavy atom. The third-order valence-electron chi connectivity index (χ3n) is 4.25. The van der Waals surface area contributed by atoms with Crippen LogP contribution in [0.1, 0.15) is 36.5 Å². The Bertz CT molecular complexity index is 941. The van der Waals surface area contributed by atoms with Gasteiger partial charge in [0.25, 0.3) is 0 Å². The van der Waals surface area contributed by atoms with Crippen molar-refractivity contribution in [2.45, 2.75) is 25.4 Å². The highest BCUT2D eigenvalue weighted by Gasteiger charge is 2.20. The van der Waals surface area contributed by atoms with E-state index in [0.29, 0.717) is 12.2 Å². The fourth-order valence-corrected chi connectivity index (χ4v) is 2.74. The topological polar surface area (TPSA) is 44.8 Å². The summed E-state index contributed by atoms with van der Waals surface area (Å²) in [6, 6.07) is 19.2. The van der Waals surface area contributed by atoms with E-state index in [9.17, 15) is 4.79 Å². The molecule has 0 N–H and O–H groups in total. The van der Waals surface area contributed by atoms with E-state index in [1.54, 1.807) is 13.2 Å². The summed E-state index contributed by atoms with van der Waals surface area (Å²) in [6.07, 6.45) is 3.68. The van der Waals surface area contributed by atoms with Crippen LogP contribution in [-0.2, 0) is 19.0 Å². The SMILES string of the molecule is COCCCCC#C/C(=C/C#Cc1ccccc1)C(OC(=O)COC)c1ccccc1. The van der Waals surface area contributed by atoms with Crippen molar-refractivity contribution in [2.75, 3.05) is 27.4 Å². The maximum Gasteiger partial charge on any atom is 0.333 e. The summed E-state index contributed by atoms with van der Waals surface area (Å²) in [6.45, 7) is 0.588. The maximum atomic E-state index is 12.2. The van der Waals surface area contributed by atoms with Gasteiger partial charge in [0.15, 0.2) is 6.10 Å². The van der Waals surface area contributed by atoms with Gasteiger partial charge in [-0.05, 0) is 30.5 Å². The van der Waals surface area contributed by atoms with E-state index < -0.39 is 12.1 Å². The molecule has 0 aliphatic heterocycles. The van der Waals surface area contributed by atoms with Gasteiger partial charge in [0.1, 0.15) is 6.61 Å². The van der Waals surface area contributed by atoms with Gasteiger partial charge in [-0.2, -0.15) is 0 Å². The molecule has 0 saturated carbocycles. The standard InChI is InChI=1S/C27H28O4/c1-29-21-12-4-3-9-17-25(20-13-16-23-14-7-5-8-15-23)27(31-26(28)22-30-2)24-18-10-6-11-19-24/h5-8,10-11,14-15,18-20,27H,3-4,12,21-22H2,1-2H3/b25-20-. The molecule has 0 spiro atoms. The Labute approximate surface area is 185 Å². The van der Waals surface area contributed by atoms with Gasteiger partial charge in [-0.3, -0.25) is 0 Å². The summed E-state index contributed by atoms with van der Waals surface area (Å²) < 4.78 is 15.7. The number of hydrogen-bond acceptors (Lipinski definition) is 4. The highest BCUT2D eigenvalue weighted by atomic mass is 16.6. The van der Waals surface area contributed by atoms with Gasteiger partial charge < -0.3 is 14.2 Å². The van der Waals surface area contributed by atoms with Crippen molar-refractivity contribution in [3.8, 4) is 23.7 Å². The summed E-state index contributed by atoms with van der Waals surface area (Å²) in [4.78, 5) is 12.2. The van der Waals surface area contributed by atoms with Gasteiger partial charge in [-0.1, -0.05) is 72.2 Å². The fourth-order valence-electron chi connectivity index (χ4n) is 2.74. The van der Waals surface area contributed by atoms with E-state index in [4.69, 9.17) is 14.2 Å². The number of carbonyl (C=O) groups is 1. The summed E-state index contributed by atoms with van der Waals surface area (Å²) >= 11 is 0. The fraction of sp³-hybridized carbons (Fsp3) is 0.296. The lowest BCUT2D eigenvalue weighted by atomic mass is 10.0. The second-order valence-corrected chi connectivity index (χ2v) is 6.70. The largest absolute Gasteiger partial charge is 0.450 e. The van der Waals surface area contributed by atoms with Gasteiger partial charge in [-0.15, -0.1) is 0 Å². The zero-order valence-corrected chi connectivity index (χ0v) is 18.1. The van der Waals surface area contributed by atoms with Crippen LogP contribution in [0.4, 0.5) is 0 Å². The summed E-state index contributed by atoms with van der Waals surface area (Å²) in [7, 11) is 3.15. The first-order valence-corrected chi connectivity index (χ1v) is 10.2. The van der Waals surface area contributed by atoms with E-state index in [1.165, 1.54) is 7.11 Å². The molecule has 31 heavy (non-hydrogen) atoms. The minimum Gasteiger partial charge on any atom is -0.450 e. The van der Waals surface area contributed by atoms with E-state index in [1.807, 2.05) is 60.7 Å². The van der Waals surface area contributed by atoms with Crippen molar-refractivity contribution in [3.05, 3.63) is 83.4 Å². The Balaban J connectivity index is 2.33. The molecule has 0 bridgehead atoms. The first-order valence-electron chi connectivity index (χ1n) is 10.2. The molecule has 1 unspecified atom stereocenters. The molecule has 4 heteroatoms. The molecule has 0 saturated heterocycles. The smallest absolute Gasteiger partial charge is 0.333 e. The number of esters is 1. The quantitative estimate of drug-likeness (QED) is 0.337. The van der Waals surface area contributed by atoms with Crippen LogP contribution in [0.25, 0.3) is 0 Å². The van der Waals surface area contributed by atoms with E-state index in [0.717, 1.165) is 30.4 Å². The third-order valence-corrected chi connectivity index (χ3v) is 4.25. The number of hydrogen-bond donors (Lipinski definition) is 0. The molecule has 0 heterocycles. The minimum absolute atomic E-state index is 0.128. The average Bonchev–Trinajstić information content (AvgIpc) is 2.80. The van der Waals surface area contributed by atoms with Crippen molar-refractivity contribution in [1.82, 2.24) is 0 Å². The Morgan fingerprint density at radius 2 is 1.68 bits per heavy atom. The van der Waals surface area contributed by atoms with Gasteiger partial charge in [0.05, 0.1) is 5.57 Å². The number of benzene rings is 2. The van der Waals surface area contributed by atoms with Gasteiger partial charge in [0.2, 0.25) is 0 Å². The molecule has 0 aromatic heterocycles. The molecule has 160 valence electrons. The molecule has 0 aliphatic carbocycles. The predicted molar refractivity (Wildman–Crippen MR) is 122 cm³/mol. The zero-order chi connectivity index (χ0) is 22.2. The third kappa shape index (κ3) is 9.36. The van der Waals surface area contributed by atoms with E-state index in [2.05, 4.69) is 23.7 Å². The summed E-state index contributed by atoms with van der Waals surface area (Å²) in [5.41, 5.74) is 2.36. The Morgan fingerprint density at radius 3 is 2.35 bits per heavy atom. The number of allylic oxidation sites excluding steroid dienone is 1. The summed E-state index contributed by atoms with van der Waals surface area (Å²) in [5.74, 6) is 12.1. The maximum absolute atomic E-state index is 12.2. The molecule has 0 radical (unpaired) electrons. The number of unbranched alkanes of at least 4 members (excludes halogenated alkanes) is 2. The molecular weight excluding hydrogens is 388 g/mol. The van der Waals surface area contributed by atoms with E-state index >= 15 is 0 Å². The van der Waals surface area contributed by atoms with Gasteiger partial charge in [0, 0.05) is 38.9 Å². The normalized spacial score (nSPS) is 11.5. The second kappa shape index (κ2) is 14.6. The molecule has 2 aromatic carbocycles. The van der Waals surface area contributed by atoms with Gasteiger partial charge in [-0.25, -0.2) is 4.79 Å². The van der Waals surface area contributed by atoms with Crippen LogP contribution in [-0.4, -0.2) is 33.4 Å². The zero-order valence-electron chi connectivity index (χ0n) is 18.1. The summed E-state index contributed by atoms with van der Waals surface area (Å²) in [5, 5.41) is 0. The van der Waals surface area contributed by atoms with Crippen molar-refractivity contribution in [2.24, 2.45) is 0 Å². The molecule has 0 fully saturated rings. The molecular formula is C27H28O4. The lowest BCUT2D eigenvalue weighted by molar-refractivity contribution is -0.151. The van der Waals surface area contributed by atoms with Crippen molar-refractivity contribution < 1.29 is 19.0 Å². The predicted octanol–water partition coefficient (Wildman–Crippen LogP) is 4.72. The van der Waals surface area contributed by atoms with Crippen LogP contribution < -0.4 is 0 Å².